The maximum absolute atomic E-state index is 11.9. The molecule has 3 unspecified atom stereocenters. The van der Waals surface area contributed by atoms with Gasteiger partial charge in [0.15, 0.2) is 0 Å². The van der Waals surface area contributed by atoms with Crippen LogP contribution in [0.5, 0.6) is 0 Å². The van der Waals surface area contributed by atoms with Gasteiger partial charge in [0, 0.05) is 6.04 Å². The van der Waals surface area contributed by atoms with Gasteiger partial charge in [0.1, 0.15) is 6.04 Å². The van der Waals surface area contributed by atoms with Gasteiger partial charge in [-0.2, -0.15) is 0 Å². The normalized spacial score (nSPS) is 23.9. The number of carboxylic acid groups (broad SMARTS) is 1. The van der Waals surface area contributed by atoms with Gasteiger partial charge in [0.05, 0.1) is 12.5 Å². The number of likely N-dealkylation sites (tertiary alicyclic amines) is 1. The summed E-state index contributed by atoms with van der Waals surface area (Å²) in [5.41, 5.74) is 0. The van der Waals surface area contributed by atoms with Crippen molar-refractivity contribution in [3.05, 3.63) is 0 Å². The third-order valence-corrected chi connectivity index (χ3v) is 3.04. The van der Waals surface area contributed by atoms with Crippen LogP contribution in [0.25, 0.3) is 0 Å². The standard InChI is InChI=1S/C11H18N2O4/c1-4-6(2)13-9(14)5-8(10(13)15)12-7(3)11(16)17/h6-8,12H,4-5H2,1-3H3,(H,16,17). The van der Waals surface area contributed by atoms with Gasteiger partial charge in [-0.15, -0.1) is 0 Å². The number of hydrogen-bond acceptors (Lipinski definition) is 4. The van der Waals surface area contributed by atoms with Crippen LogP contribution in [0.15, 0.2) is 0 Å². The molecule has 2 amide bonds. The van der Waals surface area contributed by atoms with E-state index in [0.717, 1.165) is 0 Å². The molecule has 96 valence electrons. The number of carbonyl (C=O) groups excluding carboxylic acids is 2. The van der Waals surface area contributed by atoms with Crippen molar-refractivity contribution in [1.82, 2.24) is 10.2 Å². The van der Waals surface area contributed by atoms with E-state index in [-0.39, 0.29) is 24.3 Å². The first-order valence-electron chi connectivity index (χ1n) is 5.73. The Morgan fingerprint density at radius 1 is 1.53 bits per heavy atom. The number of carbonyl (C=O) groups is 3. The monoisotopic (exact) mass is 242 g/mol. The highest BCUT2D eigenvalue weighted by molar-refractivity contribution is 6.06. The Labute approximate surface area is 100.0 Å². The molecule has 0 aromatic rings. The lowest BCUT2D eigenvalue weighted by molar-refractivity contribution is -0.141. The van der Waals surface area contributed by atoms with Crippen LogP contribution < -0.4 is 5.32 Å². The molecule has 3 atom stereocenters. The summed E-state index contributed by atoms with van der Waals surface area (Å²) in [6, 6.07) is -1.68. The molecule has 1 rings (SSSR count). The largest absolute Gasteiger partial charge is 0.480 e. The quantitative estimate of drug-likeness (QED) is 0.661. The van der Waals surface area contributed by atoms with Crippen LogP contribution in [0.1, 0.15) is 33.6 Å². The van der Waals surface area contributed by atoms with E-state index in [9.17, 15) is 14.4 Å². The van der Waals surface area contributed by atoms with Crippen molar-refractivity contribution in [2.24, 2.45) is 0 Å². The molecular weight excluding hydrogens is 224 g/mol. The summed E-state index contributed by atoms with van der Waals surface area (Å²) in [5, 5.41) is 11.4. The van der Waals surface area contributed by atoms with Crippen LogP contribution >= 0.6 is 0 Å². The number of nitrogens with zero attached hydrogens (tertiary/aromatic N) is 1. The second kappa shape index (κ2) is 5.27. The first kappa shape index (κ1) is 13.6. The first-order chi connectivity index (χ1) is 7.88. The Kier molecular flexibility index (Phi) is 4.22. The van der Waals surface area contributed by atoms with Gasteiger partial charge in [-0.1, -0.05) is 6.92 Å². The average molecular weight is 242 g/mol. The molecule has 1 aliphatic heterocycles. The summed E-state index contributed by atoms with van der Waals surface area (Å²) >= 11 is 0. The summed E-state index contributed by atoms with van der Waals surface area (Å²) < 4.78 is 0. The summed E-state index contributed by atoms with van der Waals surface area (Å²) in [6.45, 7) is 5.15. The highest BCUT2D eigenvalue weighted by Gasteiger charge is 2.41. The maximum atomic E-state index is 11.9. The van der Waals surface area contributed by atoms with Crippen molar-refractivity contribution in [1.29, 1.82) is 0 Å². The van der Waals surface area contributed by atoms with E-state index in [1.54, 1.807) is 6.92 Å². The van der Waals surface area contributed by atoms with Crippen molar-refractivity contribution in [3.63, 3.8) is 0 Å². The zero-order valence-electron chi connectivity index (χ0n) is 10.3. The number of nitrogens with one attached hydrogen (secondary N) is 1. The lowest BCUT2D eigenvalue weighted by Crippen LogP contribution is -2.47. The number of rotatable bonds is 5. The van der Waals surface area contributed by atoms with Crippen LogP contribution in [-0.2, 0) is 14.4 Å². The third kappa shape index (κ3) is 2.82. The second-order valence-electron chi connectivity index (χ2n) is 4.34. The minimum absolute atomic E-state index is 0.0425. The van der Waals surface area contributed by atoms with E-state index in [2.05, 4.69) is 5.32 Å². The predicted molar refractivity (Wildman–Crippen MR) is 60.2 cm³/mol. The Morgan fingerprint density at radius 2 is 2.12 bits per heavy atom. The van der Waals surface area contributed by atoms with Crippen molar-refractivity contribution in [2.75, 3.05) is 0 Å². The molecule has 6 heteroatoms. The Hall–Kier alpha value is -1.43. The molecule has 1 aliphatic rings. The molecule has 6 nitrogen and oxygen atoms in total. The van der Waals surface area contributed by atoms with Crippen molar-refractivity contribution < 1.29 is 19.5 Å². The van der Waals surface area contributed by atoms with Crippen molar-refractivity contribution in [3.8, 4) is 0 Å². The zero-order valence-corrected chi connectivity index (χ0v) is 10.3. The molecule has 2 N–H and O–H groups in total. The Bertz CT molecular complexity index is 342. The van der Waals surface area contributed by atoms with Gasteiger partial charge in [0.25, 0.3) is 0 Å². The van der Waals surface area contributed by atoms with Crippen molar-refractivity contribution in [2.45, 2.75) is 51.7 Å². The fourth-order valence-corrected chi connectivity index (χ4v) is 1.80. The van der Waals surface area contributed by atoms with E-state index in [1.807, 2.05) is 6.92 Å². The lowest BCUT2D eigenvalue weighted by atomic mass is 10.2. The average Bonchev–Trinajstić information content (AvgIpc) is 2.53. The Morgan fingerprint density at radius 3 is 2.59 bits per heavy atom. The van der Waals surface area contributed by atoms with E-state index in [0.29, 0.717) is 6.42 Å². The minimum atomic E-state index is -1.03. The fraction of sp³-hybridized carbons (Fsp3) is 0.727. The van der Waals surface area contributed by atoms with Gasteiger partial charge in [-0.05, 0) is 20.3 Å². The summed E-state index contributed by atoms with van der Waals surface area (Å²) in [4.78, 5) is 35.5. The van der Waals surface area contributed by atoms with Gasteiger partial charge in [-0.25, -0.2) is 0 Å². The molecular formula is C11H18N2O4. The zero-order chi connectivity index (χ0) is 13.2. The molecule has 1 fully saturated rings. The highest BCUT2D eigenvalue weighted by Crippen LogP contribution is 2.18. The third-order valence-electron chi connectivity index (χ3n) is 3.04. The maximum Gasteiger partial charge on any atom is 0.320 e. The van der Waals surface area contributed by atoms with E-state index >= 15 is 0 Å². The van der Waals surface area contributed by atoms with Gasteiger partial charge < -0.3 is 5.11 Å². The van der Waals surface area contributed by atoms with Crippen LogP contribution in [0.2, 0.25) is 0 Å². The van der Waals surface area contributed by atoms with Gasteiger partial charge >= 0.3 is 5.97 Å². The highest BCUT2D eigenvalue weighted by atomic mass is 16.4. The first-order valence-corrected chi connectivity index (χ1v) is 5.73. The Balaban J connectivity index is 2.71. The number of imide groups is 1. The smallest absolute Gasteiger partial charge is 0.320 e. The fourth-order valence-electron chi connectivity index (χ4n) is 1.80. The van der Waals surface area contributed by atoms with Crippen LogP contribution in [-0.4, -0.2) is 45.9 Å². The summed E-state index contributed by atoms with van der Waals surface area (Å²) in [6.07, 6.45) is 0.736. The molecule has 0 aromatic carbocycles. The molecule has 0 radical (unpaired) electrons. The van der Waals surface area contributed by atoms with Crippen LogP contribution in [0.3, 0.4) is 0 Å². The molecule has 0 spiro atoms. The van der Waals surface area contributed by atoms with E-state index in [4.69, 9.17) is 5.11 Å². The number of aliphatic carboxylic acids is 1. The molecule has 0 aliphatic carbocycles. The summed E-state index contributed by atoms with van der Waals surface area (Å²) in [7, 11) is 0. The lowest BCUT2D eigenvalue weighted by Gasteiger charge is -2.22. The van der Waals surface area contributed by atoms with Gasteiger partial charge in [0.2, 0.25) is 11.8 Å². The van der Waals surface area contributed by atoms with E-state index < -0.39 is 18.1 Å². The van der Waals surface area contributed by atoms with Crippen molar-refractivity contribution >= 4 is 17.8 Å². The number of carboxylic acids is 1. The molecule has 0 saturated carbocycles. The molecule has 0 aromatic heterocycles. The minimum Gasteiger partial charge on any atom is -0.480 e. The molecule has 1 heterocycles. The number of amides is 2. The van der Waals surface area contributed by atoms with Crippen LogP contribution in [0, 0.1) is 0 Å². The second-order valence-corrected chi connectivity index (χ2v) is 4.34. The molecule has 0 bridgehead atoms. The molecule has 17 heavy (non-hydrogen) atoms. The number of hydrogen-bond donors (Lipinski definition) is 2. The summed E-state index contributed by atoms with van der Waals surface area (Å²) in [5.74, 6) is -1.59. The topological polar surface area (TPSA) is 86.7 Å². The van der Waals surface area contributed by atoms with Crippen LogP contribution in [0.4, 0.5) is 0 Å². The predicted octanol–water partition coefficient (Wildman–Crippen LogP) is -0.0249. The molecule has 1 saturated heterocycles. The van der Waals surface area contributed by atoms with Gasteiger partial charge in [-0.3, -0.25) is 24.6 Å². The SMILES string of the molecule is CCC(C)N1C(=O)CC(NC(C)C(=O)O)C1=O. The van der Waals surface area contributed by atoms with E-state index in [1.165, 1.54) is 11.8 Å².